The highest BCUT2D eigenvalue weighted by Gasteiger charge is 2.15. The molecule has 5 aromatic rings. The largest absolute Gasteiger partial charge is 0.449 e. The number of anilines is 4. The van der Waals surface area contributed by atoms with Crippen molar-refractivity contribution in [3.05, 3.63) is 95.0 Å². The van der Waals surface area contributed by atoms with Crippen LogP contribution in [0.1, 0.15) is 55.6 Å². The van der Waals surface area contributed by atoms with Gasteiger partial charge in [-0.25, -0.2) is 24.7 Å². The molecule has 0 spiro atoms. The van der Waals surface area contributed by atoms with E-state index in [1.807, 2.05) is 55.5 Å². The second-order valence-electron chi connectivity index (χ2n) is 10.4. The Labute approximate surface area is 274 Å². The highest BCUT2D eigenvalue weighted by Crippen LogP contribution is 2.37. The SMILES string of the molecule is CCCCOC(=O)Nc1ccc(Sc2ccc(C(=O)Nc3ccc(Br)cn3)cc2Nc2ncnc3nc(C(C)C)ccc23)cc1. The van der Waals surface area contributed by atoms with Crippen LogP contribution in [0.5, 0.6) is 0 Å². The van der Waals surface area contributed by atoms with Crippen LogP contribution in [0.4, 0.5) is 27.8 Å². The first kappa shape index (κ1) is 31.9. The average molecular weight is 687 g/mol. The minimum absolute atomic E-state index is 0.257. The van der Waals surface area contributed by atoms with E-state index in [-0.39, 0.29) is 11.8 Å². The Hall–Kier alpha value is -4.55. The maximum atomic E-state index is 13.2. The molecule has 0 radical (unpaired) electrons. The smallest absolute Gasteiger partial charge is 0.411 e. The van der Waals surface area contributed by atoms with Gasteiger partial charge in [-0.15, -0.1) is 0 Å². The van der Waals surface area contributed by atoms with Gasteiger partial charge < -0.3 is 15.4 Å². The molecule has 3 heterocycles. The molecule has 2 aromatic carbocycles. The van der Waals surface area contributed by atoms with Gasteiger partial charge in [0.25, 0.3) is 5.91 Å². The van der Waals surface area contributed by atoms with E-state index in [1.165, 1.54) is 18.1 Å². The molecule has 12 heteroatoms. The lowest BCUT2D eigenvalue weighted by Gasteiger charge is -2.15. The van der Waals surface area contributed by atoms with Gasteiger partial charge in [-0.05, 0) is 95.0 Å². The quantitative estimate of drug-likeness (QED) is 0.117. The van der Waals surface area contributed by atoms with E-state index in [1.54, 1.807) is 24.4 Å². The molecule has 0 aliphatic rings. The summed E-state index contributed by atoms with van der Waals surface area (Å²) in [5.74, 6) is 0.958. The van der Waals surface area contributed by atoms with E-state index in [9.17, 15) is 9.59 Å². The minimum atomic E-state index is -0.477. The van der Waals surface area contributed by atoms with Crippen molar-refractivity contribution in [3.8, 4) is 0 Å². The maximum absolute atomic E-state index is 13.2. The molecule has 0 fully saturated rings. The van der Waals surface area contributed by atoms with Crippen molar-refractivity contribution in [2.45, 2.75) is 49.3 Å². The van der Waals surface area contributed by atoms with Gasteiger partial charge in [0.1, 0.15) is 18.0 Å². The molecule has 3 aromatic heterocycles. The maximum Gasteiger partial charge on any atom is 0.411 e. The van der Waals surface area contributed by atoms with E-state index in [0.717, 1.165) is 38.2 Å². The summed E-state index contributed by atoms with van der Waals surface area (Å²) >= 11 is 4.86. The Bertz CT molecular complexity index is 1800. The molecule has 3 N–H and O–H groups in total. The zero-order valence-electron chi connectivity index (χ0n) is 25.0. The number of ether oxygens (including phenoxy) is 1. The number of nitrogens with one attached hydrogen (secondary N) is 3. The number of rotatable bonds is 11. The monoisotopic (exact) mass is 685 g/mol. The second kappa shape index (κ2) is 15.0. The normalized spacial score (nSPS) is 11.0. The topological polar surface area (TPSA) is 131 Å². The molecule has 0 unspecified atom stereocenters. The average Bonchev–Trinajstić information content (AvgIpc) is 3.04. The lowest BCUT2D eigenvalue weighted by molar-refractivity contribution is 0.102. The van der Waals surface area contributed by atoms with Crippen molar-refractivity contribution >= 4 is 73.7 Å². The van der Waals surface area contributed by atoms with Crippen LogP contribution in [-0.2, 0) is 4.74 Å². The van der Waals surface area contributed by atoms with Gasteiger partial charge in [-0.1, -0.05) is 39.0 Å². The molecule has 0 atom stereocenters. The van der Waals surface area contributed by atoms with Crippen molar-refractivity contribution in [3.63, 3.8) is 0 Å². The van der Waals surface area contributed by atoms with Crippen LogP contribution in [-0.4, -0.2) is 38.5 Å². The highest BCUT2D eigenvalue weighted by molar-refractivity contribution is 9.10. The number of hydrogen-bond donors (Lipinski definition) is 3. The molecule has 45 heavy (non-hydrogen) atoms. The van der Waals surface area contributed by atoms with Gasteiger partial charge >= 0.3 is 6.09 Å². The van der Waals surface area contributed by atoms with E-state index >= 15 is 0 Å². The van der Waals surface area contributed by atoms with Gasteiger partial charge in [0, 0.05) is 37.4 Å². The number of pyridine rings is 2. The van der Waals surface area contributed by atoms with Crippen LogP contribution in [0.25, 0.3) is 11.0 Å². The van der Waals surface area contributed by atoms with E-state index in [4.69, 9.17) is 9.72 Å². The number of amides is 2. The number of hydrogen-bond acceptors (Lipinski definition) is 9. The van der Waals surface area contributed by atoms with Crippen molar-refractivity contribution in [1.29, 1.82) is 0 Å². The third-order valence-corrected chi connectivity index (χ3v) is 8.19. The Morgan fingerprint density at radius 3 is 2.51 bits per heavy atom. The molecular formula is C33H32BrN7O3S. The molecule has 230 valence electrons. The van der Waals surface area contributed by atoms with E-state index < -0.39 is 6.09 Å². The molecular weight excluding hydrogens is 654 g/mol. The molecule has 0 saturated heterocycles. The molecule has 10 nitrogen and oxygen atoms in total. The number of nitrogens with zero attached hydrogens (tertiary/aromatic N) is 4. The Kier molecular flexibility index (Phi) is 10.6. The summed E-state index contributed by atoms with van der Waals surface area (Å²) in [5, 5.41) is 9.78. The predicted molar refractivity (Wildman–Crippen MR) is 181 cm³/mol. The minimum Gasteiger partial charge on any atom is -0.449 e. The van der Waals surface area contributed by atoms with Gasteiger partial charge in [0.05, 0.1) is 17.7 Å². The molecule has 0 aliphatic carbocycles. The van der Waals surface area contributed by atoms with Crippen LogP contribution in [0, 0.1) is 0 Å². The van der Waals surface area contributed by atoms with Gasteiger partial charge in [0.2, 0.25) is 0 Å². The number of carbonyl (C=O) groups excluding carboxylic acids is 2. The summed E-state index contributed by atoms with van der Waals surface area (Å²) < 4.78 is 6.01. The zero-order chi connectivity index (χ0) is 31.8. The second-order valence-corrected chi connectivity index (χ2v) is 12.4. The van der Waals surface area contributed by atoms with E-state index in [2.05, 4.69) is 60.7 Å². The standard InChI is InChI=1S/C33H32BrN7O3S/c1-4-5-16-44-33(43)38-23-8-10-24(11-9-23)45-28-14-6-21(32(42)41-29-15-7-22(34)18-35-29)17-27(28)40-31-25-12-13-26(20(2)3)39-30(25)36-19-37-31/h6-15,17-20H,4-5,16H2,1-3H3,(H,38,43)(H,35,41,42)(H,36,37,39,40). The molecule has 0 saturated carbocycles. The number of unbranched alkanes of at least 4 members (excludes halogenated alkanes) is 1. The number of carbonyl (C=O) groups is 2. The summed E-state index contributed by atoms with van der Waals surface area (Å²) in [4.78, 5) is 44.9. The summed E-state index contributed by atoms with van der Waals surface area (Å²) in [7, 11) is 0. The lowest BCUT2D eigenvalue weighted by atomic mass is 10.1. The first-order valence-corrected chi connectivity index (χ1v) is 16.1. The number of benzene rings is 2. The van der Waals surface area contributed by atoms with Crippen LogP contribution in [0.2, 0.25) is 0 Å². The Morgan fingerprint density at radius 1 is 0.956 bits per heavy atom. The summed E-state index contributed by atoms with van der Waals surface area (Å²) in [5.41, 5.74) is 3.26. The molecule has 2 amide bonds. The summed E-state index contributed by atoms with van der Waals surface area (Å²) in [6.07, 6.45) is 4.39. The number of aromatic nitrogens is 4. The highest BCUT2D eigenvalue weighted by atomic mass is 79.9. The van der Waals surface area contributed by atoms with Crippen LogP contribution >= 0.6 is 27.7 Å². The fourth-order valence-corrected chi connectivity index (χ4v) is 5.32. The molecule has 0 aliphatic heterocycles. The summed E-state index contributed by atoms with van der Waals surface area (Å²) in [6, 6.07) is 20.3. The van der Waals surface area contributed by atoms with Crippen molar-refractivity contribution in [1.82, 2.24) is 19.9 Å². The molecule has 0 bridgehead atoms. The van der Waals surface area contributed by atoms with Crippen molar-refractivity contribution in [2.24, 2.45) is 0 Å². The van der Waals surface area contributed by atoms with Crippen LogP contribution < -0.4 is 16.0 Å². The zero-order valence-corrected chi connectivity index (χ0v) is 27.4. The fourth-order valence-electron chi connectivity index (χ4n) is 4.20. The third-order valence-electron chi connectivity index (χ3n) is 6.63. The van der Waals surface area contributed by atoms with E-state index in [0.29, 0.717) is 40.8 Å². The first-order chi connectivity index (χ1) is 21.8. The number of fused-ring (bicyclic) bond motifs is 1. The van der Waals surface area contributed by atoms with Crippen LogP contribution in [0.3, 0.4) is 0 Å². The molecule has 5 rings (SSSR count). The van der Waals surface area contributed by atoms with Gasteiger partial charge in [0.15, 0.2) is 5.65 Å². The Balaban J connectivity index is 1.42. The predicted octanol–water partition coefficient (Wildman–Crippen LogP) is 8.80. The van der Waals surface area contributed by atoms with Crippen LogP contribution in [0.15, 0.2) is 93.5 Å². The lowest BCUT2D eigenvalue weighted by Crippen LogP contribution is -2.14. The summed E-state index contributed by atoms with van der Waals surface area (Å²) in [6.45, 7) is 6.59. The van der Waals surface area contributed by atoms with Crippen molar-refractivity contribution < 1.29 is 14.3 Å². The first-order valence-electron chi connectivity index (χ1n) is 14.5. The third kappa shape index (κ3) is 8.55. The van der Waals surface area contributed by atoms with Gasteiger partial charge in [-0.2, -0.15) is 0 Å². The number of halogens is 1. The Morgan fingerprint density at radius 2 is 1.78 bits per heavy atom. The van der Waals surface area contributed by atoms with Gasteiger partial charge in [-0.3, -0.25) is 10.1 Å². The van der Waals surface area contributed by atoms with Crippen molar-refractivity contribution in [2.75, 3.05) is 22.6 Å². The fraction of sp³-hybridized carbons (Fsp3) is 0.212.